The highest BCUT2D eigenvalue weighted by Gasteiger charge is 2.15. The molecule has 2 nitrogen and oxygen atoms in total. The minimum absolute atomic E-state index is 0.0910. The number of hydrogen-bond acceptors (Lipinski definition) is 1. The van der Waals surface area contributed by atoms with Gasteiger partial charge in [0.15, 0.2) is 0 Å². The molecule has 0 aromatic rings. The van der Waals surface area contributed by atoms with Crippen molar-refractivity contribution in [2.24, 2.45) is 5.41 Å². The van der Waals surface area contributed by atoms with E-state index in [9.17, 15) is 4.79 Å². The van der Waals surface area contributed by atoms with E-state index in [1.165, 1.54) is 6.08 Å². The van der Waals surface area contributed by atoms with E-state index < -0.39 is 0 Å². The van der Waals surface area contributed by atoms with Gasteiger partial charge in [-0.05, 0) is 24.8 Å². The predicted molar refractivity (Wildman–Crippen MR) is 51.9 cm³/mol. The number of nitrogens with one attached hydrogen (secondary N) is 1. The maximum atomic E-state index is 10.9. The molecule has 0 aliphatic rings. The molecule has 12 heavy (non-hydrogen) atoms. The monoisotopic (exact) mass is 169 g/mol. The van der Waals surface area contributed by atoms with Crippen molar-refractivity contribution in [3.63, 3.8) is 0 Å². The molecular formula is C10H19NO. The third kappa shape index (κ3) is 5.96. The van der Waals surface area contributed by atoms with Gasteiger partial charge in [-0.15, -0.1) is 0 Å². The standard InChI is InChI=1S/C10H19NO/c1-6-9(12)11-8(2)7-10(3,4)5/h6,8H,1,7H2,2-5H3,(H,11,12). The lowest BCUT2D eigenvalue weighted by molar-refractivity contribution is -0.117. The van der Waals surface area contributed by atoms with E-state index in [0.717, 1.165) is 6.42 Å². The van der Waals surface area contributed by atoms with Gasteiger partial charge >= 0.3 is 0 Å². The Bertz CT molecular complexity index is 167. The second-order valence-corrected chi connectivity index (χ2v) is 4.38. The minimum Gasteiger partial charge on any atom is -0.350 e. The largest absolute Gasteiger partial charge is 0.350 e. The van der Waals surface area contributed by atoms with Crippen LogP contribution in [0.4, 0.5) is 0 Å². The Balaban J connectivity index is 3.82. The van der Waals surface area contributed by atoms with Gasteiger partial charge in [0.05, 0.1) is 0 Å². The molecule has 1 N–H and O–H groups in total. The topological polar surface area (TPSA) is 29.1 Å². The maximum absolute atomic E-state index is 10.9. The number of carbonyl (C=O) groups excluding carboxylic acids is 1. The summed E-state index contributed by atoms with van der Waals surface area (Å²) in [6.45, 7) is 11.9. The first kappa shape index (κ1) is 11.2. The summed E-state index contributed by atoms with van der Waals surface area (Å²) >= 11 is 0. The van der Waals surface area contributed by atoms with Crippen molar-refractivity contribution in [2.45, 2.75) is 40.2 Å². The van der Waals surface area contributed by atoms with Crippen LogP contribution in [0.15, 0.2) is 12.7 Å². The fourth-order valence-corrected chi connectivity index (χ4v) is 1.27. The van der Waals surface area contributed by atoms with E-state index >= 15 is 0 Å². The van der Waals surface area contributed by atoms with E-state index in [4.69, 9.17) is 0 Å². The number of rotatable bonds is 3. The van der Waals surface area contributed by atoms with Gasteiger partial charge in [0.1, 0.15) is 0 Å². The summed E-state index contributed by atoms with van der Waals surface area (Å²) in [6, 6.07) is 0.218. The molecule has 0 aromatic carbocycles. The van der Waals surface area contributed by atoms with Crippen LogP contribution in [-0.2, 0) is 4.79 Å². The molecule has 0 saturated carbocycles. The lowest BCUT2D eigenvalue weighted by atomic mass is 9.89. The summed E-state index contributed by atoms with van der Waals surface area (Å²) in [6.07, 6.45) is 2.28. The van der Waals surface area contributed by atoms with Crippen molar-refractivity contribution in [3.05, 3.63) is 12.7 Å². The van der Waals surface area contributed by atoms with E-state index in [-0.39, 0.29) is 17.4 Å². The molecule has 0 fully saturated rings. The van der Waals surface area contributed by atoms with Crippen molar-refractivity contribution >= 4 is 5.91 Å². The predicted octanol–water partition coefficient (Wildman–Crippen LogP) is 2.11. The van der Waals surface area contributed by atoms with Gasteiger partial charge in [-0.1, -0.05) is 27.4 Å². The van der Waals surface area contributed by atoms with E-state index in [2.05, 4.69) is 32.7 Å². The third-order valence-corrected chi connectivity index (χ3v) is 1.49. The first-order valence-electron chi connectivity index (χ1n) is 4.28. The zero-order chi connectivity index (χ0) is 9.78. The summed E-state index contributed by atoms with van der Waals surface area (Å²) < 4.78 is 0. The van der Waals surface area contributed by atoms with Crippen molar-refractivity contribution in [1.29, 1.82) is 0 Å². The Morgan fingerprint density at radius 3 is 2.42 bits per heavy atom. The molecule has 0 aliphatic heterocycles. The molecule has 0 rings (SSSR count). The molecule has 70 valence electrons. The number of hydrogen-bond donors (Lipinski definition) is 1. The second-order valence-electron chi connectivity index (χ2n) is 4.38. The lowest BCUT2D eigenvalue weighted by Gasteiger charge is -2.23. The van der Waals surface area contributed by atoms with Crippen LogP contribution in [0.2, 0.25) is 0 Å². The second kappa shape index (κ2) is 4.29. The molecule has 1 amide bonds. The van der Waals surface area contributed by atoms with Gasteiger partial charge in [-0.2, -0.15) is 0 Å². The molecule has 0 bridgehead atoms. The Kier molecular flexibility index (Phi) is 4.01. The van der Waals surface area contributed by atoms with Crippen LogP contribution in [-0.4, -0.2) is 11.9 Å². The Morgan fingerprint density at radius 2 is 2.08 bits per heavy atom. The van der Waals surface area contributed by atoms with Gasteiger partial charge in [0, 0.05) is 6.04 Å². The molecule has 0 spiro atoms. The summed E-state index contributed by atoms with van der Waals surface area (Å²) in [5.41, 5.74) is 0.258. The molecule has 1 unspecified atom stereocenters. The van der Waals surface area contributed by atoms with Gasteiger partial charge in [-0.25, -0.2) is 0 Å². The first-order valence-corrected chi connectivity index (χ1v) is 4.28. The van der Waals surface area contributed by atoms with Crippen molar-refractivity contribution in [1.82, 2.24) is 5.32 Å². The Labute approximate surface area is 75.0 Å². The average molecular weight is 169 g/mol. The van der Waals surface area contributed by atoms with E-state index in [1.54, 1.807) is 0 Å². The summed E-state index contributed by atoms with van der Waals surface area (Å²) in [7, 11) is 0. The number of carbonyl (C=O) groups is 1. The summed E-state index contributed by atoms with van der Waals surface area (Å²) in [5, 5.41) is 2.83. The highest BCUT2D eigenvalue weighted by atomic mass is 16.1. The highest BCUT2D eigenvalue weighted by molar-refractivity contribution is 5.87. The van der Waals surface area contributed by atoms with Gasteiger partial charge in [0.2, 0.25) is 5.91 Å². The number of amides is 1. The van der Waals surface area contributed by atoms with Crippen LogP contribution in [0.25, 0.3) is 0 Å². The van der Waals surface area contributed by atoms with Crippen molar-refractivity contribution < 1.29 is 4.79 Å². The minimum atomic E-state index is -0.0910. The van der Waals surface area contributed by atoms with Crippen molar-refractivity contribution in [3.8, 4) is 0 Å². The molecular weight excluding hydrogens is 150 g/mol. The fraction of sp³-hybridized carbons (Fsp3) is 0.700. The first-order chi connectivity index (χ1) is 5.35. The van der Waals surface area contributed by atoms with Crippen LogP contribution < -0.4 is 5.32 Å². The Hall–Kier alpha value is -0.790. The maximum Gasteiger partial charge on any atom is 0.243 e. The zero-order valence-corrected chi connectivity index (χ0v) is 8.48. The Morgan fingerprint density at radius 1 is 1.58 bits per heavy atom. The van der Waals surface area contributed by atoms with Gasteiger partial charge < -0.3 is 5.32 Å². The average Bonchev–Trinajstić information content (AvgIpc) is 1.82. The normalized spacial score (nSPS) is 13.7. The van der Waals surface area contributed by atoms with Crippen LogP contribution in [0, 0.1) is 5.41 Å². The van der Waals surface area contributed by atoms with Crippen molar-refractivity contribution in [2.75, 3.05) is 0 Å². The molecule has 0 heterocycles. The molecule has 1 atom stereocenters. The SMILES string of the molecule is C=CC(=O)NC(C)CC(C)(C)C. The van der Waals surface area contributed by atoms with E-state index in [0.29, 0.717) is 0 Å². The third-order valence-electron chi connectivity index (χ3n) is 1.49. The zero-order valence-electron chi connectivity index (χ0n) is 8.48. The molecule has 0 aliphatic carbocycles. The molecule has 2 heteroatoms. The van der Waals surface area contributed by atoms with Gasteiger partial charge in [0.25, 0.3) is 0 Å². The highest BCUT2D eigenvalue weighted by Crippen LogP contribution is 2.20. The molecule has 0 saturated heterocycles. The van der Waals surface area contributed by atoms with Gasteiger partial charge in [-0.3, -0.25) is 4.79 Å². The van der Waals surface area contributed by atoms with Crippen LogP contribution in [0.1, 0.15) is 34.1 Å². The summed E-state index contributed by atoms with van der Waals surface area (Å²) in [4.78, 5) is 10.9. The smallest absolute Gasteiger partial charge is 0.243 e. The fourth-order valence-electron chi connectivity index (χ4n) is 1.27. The lowest BCUT2D eigenvalue weighted by Crippen LogP contribution is -2.34. The summed E-state index contributed by atoms with van der Waals surface area (Å²) in [5.74, 6) is -0.0910. The van der Waals surface area contributed by atoms with E-state index in [1.807, 2.05) is 6.92 Å². The molecule has 0 aromatic heterocycles. The quantitative estimate of drug-likeness (QED) is 0.644. The molecule has 0 radical (unpaired) electrons. The van der Waals surface area contributed by atoms with Crippen LogP contribution in [0.3, 0.4) is 0 Å². The van der Waals surface area contributed by atoms with Crippen LogP contribution in [0.5, 0.6) is 0 Å². The van der Waals surface area contributed by atoms with Crippen LogP contribution >= 0.6 is 0 Å².